The predicted octanol–water partition coefficient (Wildman–Crippen LogP) is 2.16. The molecule has 0 aromatic rings. The highest BCUT2D eigenvalue weighted by molar-refractivity contribution is 5.81. The second-order valence-electron chi connectivity index (χ2n) is 6.65. The van der Waals surface area contributed by atoms with E-state index in [2.05, 4.69) is 39.9 Å². The average molecular weight is 240 g/mol. The van der Waals surface area contributed by atoms with Crippen LogP contribution < -0.4 is 11.1 Å². The minimum atomic E-state index is -0.370. The van der Waals surface area contributed by atoms with Gasteiger partial charge >= 0.3 is 0 Å². The summed E-state index contributed by atoms with van der Waals surface area (Å²) in [5.74, 6) is 0.802. The fraction of sp³-hybridized carbons (Fsp3) is 0.929. The van der Waals surface area contributed by atoms with Crippen molar-refractivity contribution in [3.8, 4) is 0 Å². The fourth-order valence-electron chi connectivity index (χ4n) is 2.68. The molecular weight excluding hydrogens is 212 g/mol. The Balaban J connectivity index is 2.41. The first kappa shape index (κ1) is 14.5. The van der Waals surface area contributed by atoms with E-state index in [0.717, 1.165) is 13.0 Å². The van der Waals surface area contributed by atoms with Gasteiger partial charge in [-0.15, -0.1) is 0 Å². The summed E-state index contributed by atoms with van der Waals surface area (Å²) in [7, 11) is 0. The van der Waals surface area contributed by atoms with Crippen LogP contribution in [0.25, 0.3) is 0 Å². The molecule has 1 saturated carbocycles. The first-order valence-electron chi connectivity index (χ1n) is 6.69. The van der Waals surface area contributed by atoms with Gasteiger partial charge in [0.15, 0.2) is 0 Å². The van der Waals surface area contributed by atoms with Gasteiger partial charge in [-0.3, -0.25) is 4.79 Å². The van der Waals surface area contributed by atoms with Gasteiger partial charge in [0.25, 0.3) is 0 Å². The summed E-state index contributed by atoms with van der Waals surface area (Å²) in [6.07, 6.45) is 0.939. The van der Waals surface area contributed by atoms with Crippen molar-refractivity contribution in [1.82, 2.24) is 5.32 Å². The van der Waals surface area contributed by atoms with Gasteiger partial charge in [-0.2, -0.15) is 0 Å². The molecule has 3 N–H and O–H groups in total. The molecule has 1 aliphatic rings. The first-order valence-corrected chi connectivity index (χ1v) is 6.69. The molecule has 0 aliphatic heterocycles. The number of amides is 1. The van der Waals surface area contributed by atoms with Crippen LogP contribution in [0, 0.1) is 22.7 Å². The third-order valence-electron chi connectivity index (χ3n) is 5.36. The average Bonchev–Trinajstić information content (AvgIpc) is 2.64. The number of nitrogens with one attached hydrogen (secondary N) is 1. The minimum Gasteiger partial charge on any atom is -0.354 e. The first-order chi connectivity index (χ1) is 7.66. The summed E-state index contributed by atoms with van der Waals surface area (Å²) in [4.78, 5) is 11.9. The van der Waals surface area contributed by atoms with E-state index in [0.29, 0.717) is 16.7 Å². The van der Waals surface area contributed by atoms with E-state index < -0.39 is 0 Å². The normalized spacial score (nSPS) is 25.1. The molecule has 3 heteroatoms. The van der Waals surface area contributed by atoms with E-state index >= 15 is 0 Å². The van der Waals surface area contributed by atoms with E-state index in [1.807, 2.05) is 6.92 Å². The number of hydrogen-bond donors (Lipinski definition) is 2. The molecule has 1 fully saturated rings. The molecule has 0 spiro atoms. The molecule has 2 unspecified atom stereocenters. The molecule has 0 heterocycles. The SMILES string of the molecule is CCC(C)C(N)C(=O)NCC1C(C)(C)C1(C)C. The van der Waals surface area contributed by atoms with Crippen molar-refractivity contribution in [2.45, 2.75) is 54.0 Å². The van der Waals surface area contributed by atoms with Gasteiger partial charge in [-0.05, 0) is 22.7 Å². The molecule has 100 valence electrons. The molecular formula is C14H28N2O. The summed E-state index contributed by atoms with van der Waals surface area (Å²) in [5, 5.41) is 3.01. The Morgan fingerprint density at radius 3 is 2.12 bits per heavy atom. The highest BCUT2D eigenvalue weighted by Gasteiger charge is 2.64. The van der Waals surface area contributed by atoms with Crippen molar-refractivity contribution in [1.29, 1.82) is 0 Å². The number of carbonyl (C=O) groups is 1. The lowest BCUT2D eigenvalue weighted by Crippen LogP contribution is -2.45. The van der Waals surface area contributed by atoms with Gasteiger partial charge in [0.05, 0.1) is 6.04 Å². The van der Waals surface area contributed by atoms with Gasteiger partial charge in [0.2, 0.25) is 5.91 Å². The Morgan fingerprint density at radius 2 is 1.76 bits per heavy atom. The summed E-state index contributed by atoms with van der Waals surface area (Å²) in [5.41, 5.74) is 6.54. The molecule has 0 aromatic heterocycles. The van der Waals surface area contributed by atoms with E-state index in [4.69, 9.17) is 5.73 Å². The van der Waals surface area contributed by atoms with Crippen LogP contribution in [-0.2, 0) is 4.79 Å². The Labute approximate surface area is 106 Å². The van der Waals surface area contributed by atoms with Crippen molar-refractivity contribution in [2.75, 3.05) is 6.54 Å². The van der Waals surface area contributed by atoms with Gasteiger partial charge in [-0.25, -0.2) is 0 Å². The van der Waals surface area contributed by atoms with Crippen molar-refractivity contribution in [3.05, 3.63) is 0 Å². The lowest BCUT2D eigenvalue weighted by molar-refractivity contribution is -0.123. The molecule has 0 radical (unpaired) electrons. The van der Waals surface area contributed by atoms with Gasteiger partial charge in [0.1, 0.15) is 0 Å². The highest BCUT2D eigenvalue weighted by Crippen LogP contribution is 2.67. The quantitative estimate of drug-likeness (QED) is 0.773. The maximum absolute atomic E-state index is 11.9. The number of carbonyl (C=O) groups excluding carboxylic acids is 1. The Hall–Kier alpha value is -0.570. The predicted molar refractivity (Wildman–Crippen MR) is 71.5 cm³/mol. The zero-order valence-electron chi connectivity index (χ0n) is 12.1. The molecule has 0 bridgehead atoms. The lowest BCUT2D eigenvalue weighted by atomic mass is 9.99. The van der Waals surface area contributed by atoms with E-state index in [1.165, 1.54) is 0 Å². The lowest BCUT2D eigenvalue weighted by Gasteiger charge is -2.18. The summed E-state index contributed by atoms with van der Waals surface area (Å²) in [6, 6.07) is -0.370. The van der Waals surface area contributed by atoms with Crippen LogP contribution in [-0.4, -0.2) is 18.5 Å². The minimum absolute atomic E-state index is 0.00199. The van der Waals surface area contributed by atoms with Crippen LogP contribution in [0.1, 0.15) is 48.0 Å². The second kappa shape index (κ2) is 4.60. The molecule has 17 heavy (non-hydrogen) atoms. The molecule has 1 amide bonds. The second-order valence-corrected chi connectivity index (χ2v) is 6.65. The number of nitrogens with two attached hydrogens (primary N) is 1. The van der Waals surface area contributed by atoms with Crippen molar-refractivity contribution < 1.29 is 4.79 Å². The maximum atomic E-state index is 11.9. The highest BCUT2D eigenvalue weighted by atomic mass is 16.2. The Morgan fingerprint density at radius 1 is 1.29 bits per heavy atom. The van der Waals surface area contributed by atoms with Crippen LogP contribution >= 0.6 is 0 Å². The fourth-order valence-corrected chi connectivity index (χ4v) is 2.68. The topological polar surface area (TPSA) is 55.1 Å². The third-order valence-corrected chi connectivity index (χ3v) is 5.36. The van der Waals surface area contributed by atoms with Crippen LogP contribution in [0.2, 0.25) is 0 Å². The molecule has 2 atom stereocenters. The van der Waals surface area contributed by atoms with E-state index in [1.54, 1.807) is 0 Å². The summed E-state index contributed by atoms with van der Waals surface area (Å²) in [6.45, 7) is 13.9. The standard InChI is InChI=1S/C14H28N2O/c1-7-9(2)11(15)12(17)16-8-10-13(3,4)14(10,5)6/h9-11H,7-8,15H2,1-6H3,(H,16,17). The molecule has 1 rings (SSSR count). The van der Waals surface area contributed by atoms with Gasteiger partial charge in [0, 0.05) is 6.54 Å². The van der Waals surface area contributed by atoms with E-state index in [9.17, 15) is 4.79 Å². The van der Waals surface area contributed by atoms with Crippen LogP contribution in [0.3, 0.4) is 0 Å². The molecule has 0 aromatic carbocycles. The van der Waals surface area contributed by atoms with E-state index in [-0.39, 0.29) is 17.9 Å². The number of hydrogen-bond acceptors (Lipinski definition) is 2. The third kappa shape index (κ3) is 2.49. The van der Waals surface area contributed by atoms with Crippen molar-refractivity contribution in [2.24, 2.45) is 28.4 Å². The summed E-state index contributed by atoms with van der Waals surface area (Å²) < 4.78 is 0. The zero-order chi connectivity index (χ0) is 13.4. The van der Waals surface area contributed by atoms with Crippen LogP contribution in [0.5, 0.6) is 0 Å². The largest absolute Gasteiger partial charge is 0.354 e. The maximum Gasteiger partial charge on any atom is 0.237 e. The smallest absolute Gasteiger partial charge is 0.237 e. The Bertz CT molecular complexity index is 283. The molecule has 1 aliphatic carbocycles. The Kier molecular flexibility index (Phi) is 3.92. The van der Waals surface area contributed by atoms with Crippen LogP contribution in [0.4, 0.5) is 0 Å². The molecule has 3 nitrogen and oxygen atoms in total. The van der Waals surface area contributed by atoms with Crippen molar-refractivity contribution >= 4 is 5.91 Å². The van der Waals surface area contributed by atoms with Gasteiger partial charge < -0.3 is 11.1 Å². The summed E-state index contributed by atoms with van der Waals surface area (Å²) >= 11 is 0. The monoisotopic (exact) mass is 240 g/mol. The number of rotatable bonds is 5. The van der Waals surface area contributed by atoms with Crippen LogP contribution in [0.15, 0.2) is 0 Å². The zero-order valence-corrected chi connectivity index (χ0v) is 12.1. The van der Waals surface area contributed by atoms with Crippen molar-refractivity contribution in [3.63, 3.8) is 0 Å². The molecule has 0 saturated heterocycles. The van der Waals surface area contributed by atoms with Gasteiger partial charge in [-0.1, -0.05) is 48.0 Å².